The summed E-state index contributed by atoms with van der Waals surface area (Å²) in [6.07, 6.45) is 2.23. The molecule has 1 heterocycles. The standard InChI is InChI=1S/C13H17N/c1-4-13(5-2)10(3)14-12-9-7-6-8-11(12)13/h6-9,14H,3-5H2,1-2H3. The van der Waals surface area contributed by atoms with Crippen LogP contribution in [0.25, 0.3) is 0 Å². The van der Waals surface area contributed by atoms with Crippen LogP contribution in [0.2, 0.25) is 0 Å². The van der Waals surface area contributed by atoms with Crippen LogP contribution in [0.5, 0.6) is 0 Å². The number of fused-ring (bicyclic) bond motifs is 1. The van der Waals surface area contributed by atoms with E-state index >= 15 is 0 Å². The van der Waals surface area contributed by atoms with Crippen LogP contribution in [-0.4, -0.2) is 0 Å². The molecule has 0 amide bonds. The second-order valence-corrected chi connectivity index (χ2v) is 3.94. The number of para-hydroxylation sites is 1. The zero-order chi connectivity index (χ0) is 10.2. The fourth-order valence-corrected chi connectivity index (χ4v) is 2.51. The molecule has 1 aromatic carbocycles. The molecule has 0 unspecified atom stereocenters. The Balaban J connectivity index is 2.58. The Morgan fingerprint density at radius 2 is 1.86 bits per heavy atom. The fourth-order valence-electron chi connectivity index (χ4n) is 2.51. The minimum atomic E-state index is 0.163. The molecule has 0 atom stereocenters. The number of hydrogen-bond acceptors (Lipinski definition) is 1. The van der Waals surface area contributed by atoms with Crippen molar-refractivity contribution < 1.29 is 0 Å². The topological polar surface area (TPSA) is 12.0 Å². The minimum absolute atomic E-state index is 0.163. The summed E-state index contributed by atoms with van der Waals surface area (Å²) in [5, 5.41) is 3.40. The van der Waals surface area contributed by atoms with Gasteiger partial charge in [0.2, 0.25) is 0 Å². The van der Waals surface area contributed by atoms with Crippen molar-refractivity contribution in [1.82, 2.24) is 0 Å². The predicted molar refractivity (Wildman–Crippen MR) is 61.5 cm³/mol. The van der Waals surface area contributed by atoms with Crippen molar-refractivity contribution in [2.45, 2.75) is 32.1 Å². The minimum Gasteiger partial charge on any atom is -0.358 e. The van der Waals surface area contributed by atoms with Crippen molar-refractivity contribution in [1.29, 1.82) is 0 Å². The van der Waals surface area contributed by atoms with Crippen LogP contribution in [0, 0.1) is 0 Å². The summed E-state index contributed by atoms with van der Waals surface area (Å²) < 4.78 is 0. The molecular weight excluding hydrogens is 170 g/mol. The molecule has 0 fully saturated rings. The van der Waals surface area contributed by atoms with E-state index in [0.717, 1.165) is 18.5 Å². The van der Waals surface area contributed by atoms with Crippen LogP contribution in [0.1, 0.15) is 32.3 Å². The fraction of sp³-hybridized carbons (Fsp3) is 0.385. The molecule has 0 saturated heterocycles. The molecule has 0 aromatic heterocycles. The first-order valence-corrected chi connectivity index (χ1v) is 5.30. The van der Waals surface area contributed by atoms with Crippen LogP contribution >= 0.6 is 0 Å². The van der Waals surface area contributed by atoms with Gasteiger partial charge in [-0.3, -0.25) is 0 Å². The lowest BCUT2D eigenvalue weighted by molar-refractivity contribution is 0.488. The monoisotopic (exact) mass is 187 g/mol. The van der Waals surface area contributed by atoms with E-state index in [2.05, 4.69) is 50.0 Å². The number of nitrogens with one attached hydrogen (secondary N) is 1. The SMILES string of the molecule is C=C1Nc2ccccc2C1(CC)CC. The number of benzene rings is 1. The summed E-state index contributed by atoms with van der Waals surface area (Å²) in [5.41, 5.74) is 3.97. The summed E-state index contributed by atoms with van der Waals surface area (Å²) in [7, 11) is 0. The number of allylic oxidation sites excluding steroid dienone is 1. The van der Waals surface area contributed by atoms with Gasteiger partial charge in [0, 0.05) is 16.8 Å². The molecule has 1 aliphatic rings. The summed E-state index contributed by atoms with van der Waals surface area (Å²) in [4.78, 5) is 0. The Hall–Kier alpha value is -1.24. The van der Waals surface area contributed by atoms with Crippen molar-refractivity contribution >= 4 is 5.69 Å². The molecular formula is C13H17N. The highest BCUT2D eigenvalue weighted by atomic mass is 15.0. The van der Waals surface area contributed by atoms with Crippen LogP contribution < -0.4 is 5.32 Å². The predicted octanol–water partition coefficient (Wildman–Crippen LogP) is 3.68. The van der Waals surface area contributed by atoms with Gasteiger partial charge in [-0.05, 0) is 24.5 Å². The van der Waals surface area contributed by atoms with E-state index < -0.39 is 0 Å². The maximum atomic E-state index is 4.15. The van der Waals surface area contributed by atoms with E-state index in [1.165, 1.54) is 11.3 Å². The third-order valence-corrected chi connectivity index (χ3v) is 3.51. The van der Waals surface area contributed by atoms with Crippen molar-refractivity contribution in [3.8, 4) is 0 Å². The molecule has 1 aromatic rings. The molecule has 2 rings (SSSR count). The summed E-state index contributed by atoms with van der Waals surface area (Å²) >= 11 is 0. The number of anilines is 1. The second kappa shape index (κ2) is 3.16. The first-order chi connectivity index (χ1) is 6.74. The summed E-state index contributed by atoms with van der Waals surface area (Å²) in [6, 6.07) is 8.53. The third kappa shape index (κ3) is 1.02. The molecule has 0 saturated carbocycles. The lowest BCUT2D eigenvalue weighted by Gasteiger charge is -2.27. The largest absolute Gasteiger partial charge is 0.358 e. The van der Waals surface area contributed by atoms with Gasteiger partial charge in [0.05, 0.1) is 0 Å². The first-order valence-electron chi connectivity index (χ1n) is 5.30. The van der Waals surface area contributed by atoms with Crippen LogP contribution in [0.15, 0.2) is 36.5 Å². The maximum Gasteiger partial charge on any atom is 0.0424 e. The Morgan fingerprint density at radius 1 is 1.21 bits per heavy atom. The zero-order valence-electron chi connectivity index (χ0n) is 8.93. The van der Waals surface area contributed by atoms with Crippen molar-refractivity contribution in [3.63, 3.8) is 0 Å². The van der Waals surface area contributed by atoms with Gasteiger partial charge in [-0.1, -0.05) is 38.6 Å². The summed E-state index contributed by atoms with van der Waals surface area (Å²) in [6.45, 7) is 8.62. The molecule has 1 nitrogen and oxygen atoms in total. The van der Waals surface area contributed by atoms with Crippen molar-refractivity contribution in [2.75, 3.05) is 5.32 Å². The Labute approximate surface area is 85.8 Å². The van der Waals surface area contributed by atoms with Gasteiger partial charge < -0.3 is 5.32 Å². The smallest absolute Gasteiger partial charge is 0.0424 e. The van der Waals surface area contributed by atoms with Gasteiger partial charge in [0.25, 0.3) is 0 Å². The Bertz CT molecular complexity index is 361. The van der Waals surface area contributed by atoms with E-state index in [-0.39, 0.29) is 5.41 Å². The van der Waals surface area contributed by atoms with Gasteiger partial charge in [0.15, 0.2) is 0 Å². The second-order valence-electron chi connectivity index (χ2n) is 3.94. The lowest BCUT2D eigenvalue weighted by Crippen LogP contribution is -2.23. The highest BCUT2D eigenvalue weighted by Gasteiger charge is 2.38. The van der Waals surface area contributed by atoms with Crippen LogP contribution in [-0.2, 0) is 5.41 Å². The maximum absolute atomic E-state index is 4.15. The molecule has 74 valence electrons. The molecule has 14 heavy (non-hydrogen) atoms. The number of rotatable bonds is 2. The summed E-state index contributed by atoms with van der Waals surface area (Å²) in [5.74, 6) is 0. The van der Waals surface area contributed by atoms with Gasteiger partial charge in [0.1, 0.15) is 0 Å². The molecule has 0 spiro atoms. The quantitative estimate of drug-likeness (QED) is 0.744. The highest BCUT2D eigenvalue weighted by molar-refractivity contribution is 5.67. The van der Waals surface area contributed by atoms with E-state index in [9.17, 15) is 0 Å². The van der Waals surface area contributed by atoms with Crippen molar-refractivity contribution in [3.05, 3.63) is 42.1 Å². The normalized spacial score (nSPS) is 17.7. The third-order valence-electron chi connectivity index (χ3n) is 3.51. The first kappa shape index (κ1) is 9.32. The van der Waals surface area contributed by atoms with Crippen LogP contribution in [0.3, 0.4) is 0 Å². The van der Waals surface area contributed by atoms with Crippen LogP contribution in [0.4, 0.5) is 5.69 Å². The molecule has 1 N–H and O–H groups in total. The number of hydrogen-bond donors (Lipinski definition) is 1. The Kier molecular flexibility index (Phi) is 2.10. The molecule has 0 aliphatic carbocycles. The van der Waals surface area contributed by atoms with E-state index in [4.69, 9.17) is 0 Å². The van der Waals surface area contributed by atoms with Gasteiger partial charge in [-0.2, -0.15) is 0 Å². The van der Waals surface area contributed by atoms with Gasteiger partial charge in [-0.15, -0.1) is 0 Å². The zero-order valence-corrected chi connectivity index (χ0v) is 8.93. The molecule has 0 bridgehead atoms. The van der Waals surface area contributed by atoms with E-state index in [1.807, 2.05) is 0 Å². The van der Waals surface area contributed by atoms with Gasteiger partial charge >= 0.3 is 0 Å². The lowest BCUT2D eigenvalue weighted by atomic mass is 9.76. The van der Waals surface area contributed by atoms with E-state index in [1.54, 1.807) is 0 Å². The average Bonchev–Trinajstić information content (AvgIpc) is 2.50. The highest BCUT2D eigenvalue weighted by Crippen LogP contribution is 2.47. The average molecular weight is 187 g/mol. The molecule has 0 radical (unpaired) electrons. The van der Waals surface area contributed by atoms with Gasteiger partial charge in [-0.25, -0.2) is 0 Å². The Morgan fingerprint density at radius 3 is 2.50 bits per heavy atom. The van der Waals surface area contributed by atoms with Crippen molar-refractivity contribution in [2.24, 2.45) is 0 Å². The molecule has 1 aliphatic heterocycles. The molecule has 1 heteroatoms. The van der Waals surface area contributed by atoms with E-state index in [0.29, 0.717) is 0 Å².